The predicted molar refractivity (Wildman–Crippen MR) is 104 cm³/mol. The smallest absolute Gasteiger partial charge is 0.251 e. The van der Waals surface area contributed by atoms with Crippen molar-refractivity contribution in [3.8, 4) is 0 Å². The zero-order chi connectivity index (χ0) is 19.4. The molecular formula is C18H28N4O3S. The molecule has 1 aromatic carbocycles. The van der Waals surface area contributed by atoms with Gasteiger partial charge in [0, 0.05) is 38.8 Å². The maximum atomic E-state index is 12.2. The van der Waals surface area contributed by atoms with Gasteiger partial charge in [-0.2, -0.15) is 0 Å². The van der Waals surface area contributed by atoms with Crippen LogP contribution < -0.4 is 10.6 Å². The van der Waals surface area contributed by atoms with E-state index in [1.54, 1.807) is 33.0 Å². The summed E-state index contributed by atoms with van der Waals surface area (Å²) < 4.78 is 23.5. The molecule has 0 aliphatic carbocycles. The molecule has 1 fully saturated rings. The van der Waals surface area contributed by atoms with Gasteiger partial charge in [0.15, 0.2) is 15.8 Å². The molecule has 144 valence electrons. The van der Waals surface area contributed by atoms with Crippen LogP contribution >= 0.6 is 0 Å². The molecule has 1 aliphatic rings. The fourth-order valence-corrected chi connectivity index (χ4v) is 4.24. The molecule has 26 heavy (non-hydrogen) atoms. The van der Waals surface area contributed by atoms with Crippen LogP contribution in [0.2, 0.25) is 0 Å². The van der Waals surface area contributed by atoms with Crippen LogP contribution in [0.4, 0.5) is 0 Å². The van der Waals surface area contributed by atoms with Gasteiger partial charge in [-0.1, -0.05) is 12.1 Å². The van der Waals surface area contributed by atoms with Gasteiger partial charge in [-0.15, -0.1) is 0 Å². The maximum Gasteiger partial charge on any atom is 0.251 e. The number of hydrogen-bond donors (Lipinski definition) is 2. The topological polar surface area (TPSA) is 90.9 Å². The van der Waals surface area contributed by atoms with Crippen LogP contribution in [0, 0.1) is 0 Å². The summed E-state index contributed by atoms with van der Waals surface area (Å²) >= 11 is 0. The highest BCUT2D eigenvalue weighted by Gasteiger charge is 2.40. The number of carbonyl (C=O) groups excluding carboxylic acids is 1. The van der Waals surface area contributed by atoms with Crippen molar-refractivity contribution in [3.63, 3.8) is 0 Å². The number of hydrogen-bond acceptors (Lipinski definition) is 4. The van der Waals surface area contributed by atoms with Gasteiger partial charge in [-0.3, -0.25) is 9.79 Å². The highest BCUT2D eigenvalue weighted by Crippen LogP contribution is 2.23. The molecule has 2 rings (SSSR count). The summed E-state index contributed by atoms with van der Waals surface area (Å²) in [6.07, 6.45) is 0. The Morgan fingerprint density at radius 1 is 1.23 bits per heavy atom. The van der Waals surface area contributed by atoms with E-state index in [4.69, 9.17) is 0 Å². The number of guanidine groups is 1. The van der Waals surface area contributed by atoms with Crippen molar-refractivity contribution < 1.29 is 13.2 Å². The molecule has 0 aromatic heterocycles. The van der Waals surface area contributed by atoms with Crippen molar-refractivity contribution in [1.82, 2.24) is 15.5 Å². The van der Waals surface area contributed by atoms with E-state index in [0.717, 1.165) is 5.56 Å². The minimum Gasteiger partial charge on any atom is -0.352 e. The lowest BCUT2D eigenvalue weighted by Crippen LogP contribution is -2.57. The van der Waals surface area contributed by atoms with Crippen molar-refractivity contribution in [1.29, 1.82) is 0 Å². The van der Waals surface area contributed by atoms with E-state index in [2.05, 4.69) is 15.6 Å². The summed E-state index contributed by atoms with van der Waals surface area (Å²) in [6.45, 7) is 7.37. The lowest BCUT2D eigenvalue weighted by atomic mass is 10.1. The van der Waals surface area contributed by atoms with Crippen LogP contribution in [0.1, 0.15) is 36.7 Å². The molecule has 0 radical (unpaired) electrons. The third-order valence-corrected chi connectivity index (χ3v) is 7.09. The highest BCUT2D eigenvalue weighted by atomic mass is 32.2. The number of aliphatic imine (C=N–C) groups is 1. The molecule has 1 heterocycles. The molecule has 0 spiro atoms. The van der Waals surface area contributed by atoms with E-state index >= 15 is 0 Å². The molecule has 1 aliphatic heterocycles. The molecule has 0 atom stereocenters. The van der Waals surface area contributed by atoms with Gasteiger partial charge in [-0.25, -0.2) is 8.42 Å². The zero-order valence-corrected chi connectivity index (χ0v) is 16.7. The summed E-state index contributed by atoms with van der Waals surface area (Å²) in [7, 11) is -1.39. The van der Waals surface area contributed by atoms with Gasteiger partial charge in [0.1, 0.15) is 0 Å². The van der Waals surface area contributed by atoms with Crippen molar-refractivity contribution in [3.05, 3.63) is 35.4 Å². The first-order valence-corrected chi connectivity index (χ1v) is 10.4. The van der Waals surface area contributed by atoms with Crippen molar-refractivity contribution in [2.45, 2.75) is 32.1 Å². The average molecular weight is 381 g/mol. The Morgan fingerprint density at radius 2 is 1.88 bits per heavy atom. The molecule has 1 saturated heterocycles. The minimum absolute atomic E-state index is 0.0837. The van der Waals surface area contributed by atoms with E-state index < -0.39 is 14.6 Å². The summed E-state index contributed by atoms with van der Waals surface area (Å²) in [5.41, 5.74) is 1.64. The van der Waals surface area contributed by atoms with Crippen LogP contribution in [0.5, 0.6) is 0 Å². The highest BCUT2D eigenvalue weighted by molar-refractivity contribution is 7.92. The molecule has 0 saturated carbocycles. The zero-order valence-electron chi connectivity index (χ0n) is 15.9. The molecule has 1 amide bonds. The first-order chi connectivity index (χ1) is 12.2. The van der Waals surface area contributed by atoms with Crippen LogP contribution in [-0.4, -0.2) is 62.4 Å². The third-order valence-electron chi connectivity index (χ3n) is 4.56. The second-order valence-corrected chi connectivity index (χ2v) is 9.70. The van der Waals surface area contributed by atoms with Gasteiger partial charge in [-0.05, 0) is 38.5 Å². The summed E-state index contributed by atoms with van der Waals surface area (Å²) in [5, 5.41) is 6.04. The lowest BCUT2D eigenvalue weighted by Gasteiger charge is -2.39. The van der Waals surface area contributed by atoms with Crippen molar-refractivity contribution >= 4 is 21.7 Å². The Morgan fingerprint density at radius 3 is 2.42 bits per heavy atom. The first-order valence-electron chi connectivity index (χ1n) is 8.75. The molecule has 0 unspecified atom stereocenters. The Labute approximate surface area is 155 Å². The van der Waals surface area contributed by atoms with Gasteiger partial charge in [0.25, 0.3) is 5.91 Å². The number of carbonyl (C=O) groups is 1. The van der Waals surface area contributed by atoms with Gasteiger partial charge in [0.2, 0.25) is 0 Å². The lowest BCUT2D eigenvalue weighted by molar-refractivity contribution is 0.0956. The van der Waals surface area contributed by atoms with E-state index in [-0.39, 0.29) is 11.7 Å². The minimum atomic E-state index is -3.08. The van der Waals surface area contributed by atoms with Gasteiger partial charge in [0.05, 0.1) is 10.5 Å². The summed E-state index contributed by atoms with van der Waals surface area (Å²) in [4.78, 5) is 18.0. The second-order valence-electron chi connectivity index (χ2n) is 6.96. The average Bonchev–Trinajstić information content (AvgIpc) is 2.59. The Bertz CT molecular complexity index is 770. The number of rotatable bonds is 4. The Hall–Kier alpha value is -2.09. The molecular weight excluding hydrogens is 352 g/mol. The fourth-order valence-electron chi connectivity index (χ4n) is 2.87. The first kappa shape index (κ1) is 20.2. The number of nitrogens with one attached hydrogen (secondary N) is 2. The SMILES string of the molecule is CCNC(=O)c1ccc(CNC(=NC)N2CCS(=O)(=O)C(C)(C)C2)cc1. The second kappa shape index (κ2) is 8.07. The quantitative estimate of drug-likeness (QED) is 0.601. The number of sulfone groups is 1. The molecule has 2 N–H and O–H groups in total. The molecule has 7 nitrogen and oxygen atoms in total. The summed E-state index contributed by atoms with van der Waals surface area (Å²) in [6, 6.07) is 7.38. The maximum absolute atomic E-state index is 12.2. The van der Waals surface area contributed by atoms with Crippen LogP contribution in [0.15, 0.2) is 29.3 Å². The largest absolute Gasteiger partial charge is 0.352 e. The van der Waals surface area contributed by atoms with Crippen LogP contribution in [0.25, 0.3) is 0 Å². The summed E-state index contributed by atoms with van der Waals surface area (Å²) in [5.74, 6) is 0.724. The van der Waals surface area contributed by atoms with E-state index in [9.17, 15) is 13.2 Å². The monoisotopic (exact) mass is 380 g/mol. The van der Waals surface area contributed by atoms with E-state index in [0.29, 0.717) is 37.7 Å². The fraction of sp³-hybridized carbons (Fsp3) is 0.556. The number of nitrogens with zero attached hydrogens (tertiary/aromatic N) is 2. The normalized spacial score (nSPS) is 19.1. The number of benzene rings is 1. The van der Waals surface area contributed by atoms with Crippen molar-refractivity contribution in [2.75, 3.05) is 32.4 Å². The van der Waals surface area contributed by atoms with Gasteiger partial charge >= 0.3 is 0 Å². The number of amides is 1. The van der Waals surface area contributed by atoms with E-state index in [1.165, 1.54) is 0 Å². The Kier molecular flexibility index (Phi) is 6.28. The van der Waals surface area contributed by atoms with E-state index in [1.807, 2.05) is 24.0 Å². The van der Waals surface area contributed by atoms with Crippen LogP contribution in [0.3, 0.4) is 0 Å². The van der Waals surface area contributed by atoms with Gasteiger partial charge < -0.3 is 15.5 Å². The molecule has 8 heteroatoms. The molecule has 1 aromatic rings. The predicted octanol–water partition coefficient (Wildman–Crippen LogP) is 1.02. The standard InChI is InChI=1S/C18H28N4O3S/c1-5-20-16(23)15-8-6-14(7-9-15)12-21-17(19-4)22-10-11-26(24,25)18(2,3)13-22/h6-9H,5,10-13H2,1-4H3,(H,19,21)(H,20,23). The Balaban J connectivity index is 1.98. The third kappa shape index (κ3) is 4.55. The van der Waals surface area contributed by atoms with Crippen molar-refractivity contribution in [2.24, 2.45) is 4.99 Å². The van der Waals surface area contributed by atoms with Crippen LogP contribution in [-0.2, 0) is 16.4 Å². The molecule has 0 bridgehead atoms.